The van der Waals surface area contributed by atoms with Crippen LogP contribution in [0.25, 0.3) is 17.0 Å². The van der Waals surface area contributed by atoms with Gasteiger partial charge >= 0.3 is 0 Å². The van der Waals surface area contributed by atoms with Gasteiger partial charge in [0.25, 0.3) is 5.91 Å². The maximum atomic E-state index is 13.4. The summed E-state index contributed by atoms with van der Waals surface area (Å²) in [6, 6.07) is 25.6. The molecule has 0 unspecified atom stereocenters. The van der Waals surface area contributed by atoms with E-state index in [4.69, 9.17) is 12.2 Å². The summed E-state index contributed by atoms with van der Waals surface area (Å²) in [4.78, 5) is 15.5. The Bertz CT molecular complexity index is 1550. The second-order valence-corrected chi connectivity index (χ2v) is 10.5. The largest absolute Gasteiger partial charge is 0.340 e. The van der Waals surface area contributed by atoms with E-state index >= 15 is 0 Å². The molecular weight excluding hydrogens is 526 g/mol. The summed E-state index contributed by atoms with van der Waals surface area (Å²) >= 11 is 10.3. The van der Waals surface area contributed by atoms with E-state index in [-0.39, 0.29) is 5.91 Å². The van der Waals surface area contributed by atoms with Crippen LogP contribution in [0.15, 0.2) is 82.2 Å². The number of rotatable bonds is 4. The molecule has 0 spiro atoms. The quantitative estimate of drug-likeness (QED) is 0.204. The van der Waals surface area contributed by atoms with E-state index in [1.807, 2.05) is 66.7 Å². The third kappa shape index (κ3) is 3.98. The van der Waals surface area contributed by atoms with Gasteiger partial charge in [-0.3, -0.25) is 9.69 Å². The molecular formula is C27H18BrN3OS2. The molecule has 0 radical (unpaired) electrons. The van der Waals surface area contributed by atoms with Crippen LogP contribution in [-0.2, 0) is 11.3 Å². The Labute approximate surface area is 215 Å². The van der Waals surface area contributed by atoms with Crippen molar-refractivity contribution in [2.45, 2.75) is 13.5 Å². The molecule has 1 aliphatic rings. The van der Waals surface area contributed by atoms with Crippen LogP contribution in [0.1, 0.15) is 22.4 Å². The molecule has 1 amide bonds. The molecule has 166 valence electrons. The van der Waals surface area contributed by atoms with Crippen molar-refractivity contribution in [3.8, 4) is 6.07 Å². The molecule has 4 nitrogen and oxygen atoms in total. The fourth-order valence-corrected chi connectivity index (χ4v) is 5.89. The average molecular weight is 544 g/mol. The Hall–Kier alpha value is -3.18. The lowest BCUT2D eigenvalue weighted by Crippen LogP contribution is -2.27. The van der Waals surface area contributed by atoms with Crippen molar-refractivity contribution in [3.63, 3.8) is 0 Å². The van der Waals surface area contributed by atoms with Crippen LogP contribution in [0.5, 0.6) is 0 Å². The standard InChI is InChI=1S/C27H18BrN3OS2/c1-17-23(14-25-26(32)31(27(33)34-25)21-10-6-9-20(28)13-21)22-11-4-5-12-24(22)30(17)16-19-8-3-2-7-18(19)15-29/h2-14H,16H2,1H3/b25-14-. The second-order valence-electron chi connectivity index (χ2n) is 7.87. The van der Waals surface area contributed by atoms with Crippen LogP contribution in [0.4, 0.5) is 5.69 Å². The van der Waals surface area contributed by atoms with Crippen molar-refractivity contribution in [1.29, 1.82) is 5.26 Å². The van der Waals surface area contributed by atoms with Gasteiger partial charge in [-0.25, -0.2) is 0 Å². The predicted octanol–water partition coefficient (Wildman–Crippen LogP) is 7.04. The van der Waals surface area contributed by atoms with E-state index in [0.29, 0.717) is 21.3 Å². The van der Waals surface area contributed by atoms with Crippen LogP contribution in [0, 0.1) is 18.3 Å². The summed E-state index contributed by atoms with van der Waals surface area (Å²) in [5, 5.41) is 10.6. The number of aromatic nitrogens is 1. The number of anilines is 1. The van der Waals surface area contributed by atoms with E-state index in [2.05, 4.69) is 45.6 Å². The van der Waals surface area contributed by atoms with Gasteiger partial charge in [-0.1, -0.05) is 82.4 Å². The highest BCUT2D eigenvalue weighted by Gasteiger charge is 2.33. The second kappa shape index (κ2) is 9.22. The van der Waals surface area contributed by atoms with Gasteiger partial charge in [-0.05, 0) is 48.9 Å². The van der Waals surface area contributed by atoms with Gasteiger partial charge in [0, 0.05) is 33.2 Å². The lowest BCUT2D eigenvalue weighted by molar-refractivity contribution is -0.113. The number of halogens is 1. The minimum atomic E-state index is -0.126. The van der Waals surface area contributed by atoms with Gasteiger partial charge in [0.1, 0.15) is 0 Å². The van der Waals surface area contributed by atoms with Gasteiger partial charge in [-0.2, -0.15) is 5.26 Å². The van der Waals surface area contributed by atoms with Crippen LogP contribution in [0.2, 0.25) is 0 Å². The number of hydrogen-bond acceptors (Lipinski definition) is 4. The van der Waals surface area contributed by atoms with Gasteiger partial charge in [0.2, 0.25) is 0 Å². The third-order valence-electron chi connectivity index (χ3n) is 5.88. The maximum absolute atomic E-state index is 13.4. The molecule has 4 aromatic rings. The summed E-state index contributed by atoms with van der Waals surface area (Å²) in [5.41, 5.74) is 5.44. The van der Waals surface area contributed by atoms with Crippen molar-refractivity contribution in [2.24, 2.45) is 0 Å². The van der Waals surface area contributed by atoms with Gasteiger partial charge in [-0.15, -0.1) is 0 Å². The first kappa shape index (κ1) is 22.6. The number of nitriles is 1. The number of para-hydroxylation sites is 1. The molecule has 1 saturated heterocycles. The first-order chi connectivity index (χ1) is 16.5. The Morgan fingerprint density at radius 3 is 2.65 bits per heavy atom. The summed E-state index contributed by atoms with van der Waals surface area (Å²) in [6.07, 6.45) is 1.95. The lowest BCUT2D eigenvalue weighted by atomic mass is 10.1. The number of nitrogens with zero attached hydrogens (tertiary/aromatic N) is 3. The van der Waals surface area contributed by atoms with E-state index in [0.717, 1.165) is 37.9 Å². The zero-order chi connectivity index (χ0) is 23.8. The van der Waals surface area contributed by atoms with E-state index in [1.54, 1.807) is 4.90 Å². The molecule has 7 heteroatoms. The van der Waals surface area contributed by atoms with Gasteiger partial charge < -0.3 is 4.57 Å². The minimum Gasteiger partial charge on any atom is -0.340 e. The highest BCUT2D eigenvalue weighted by molar-refractivity contribution is 9.10. The van der Waals surface area contributed by atoms with Crippen LogP contribution in [0.3, 0.4) is 0 Å². The fraction of sp³-hybridized carbons (Fsp3) is 0.0741. The Balaban J connectivity index is 1.59. The SMILES string of the molecule is Cc1c(/C=C2\SC(=S)N(c3cccc(Br)c3)C2=O)c2ccccc2n1Cc1ccccc1C#N. The first-order valence-electron chi connectivity index (χ1n) is 10.6. The molecule has 2 heterocycles. The maximum Gasteiger partial charge on any atom is 0.270 e. The van der Waals surface area contributed by atoms with E-state index < -0.39 is 0 Å². The molecule has 0 N–H and O–H groups in total. The number of hydrogen-bond donors (Lipinski definition) is 0. The third-order valence-corrected chi connectivity index (χ3v) is 7.68. The number of carbonyl (C=O) groups is 1. The van der Waals surface area contributed by atoms with Crippen molar-refractivity contribution in [1.82, 2.24) is 4.57 Å². The Morgan fingerprint density at radius 1 is 1.09 bits per heavy atom. The van der Waals surface area contributed by atoms with Crippen LogP contribution >= 0.6 is 39.9 Å². The smallest absolute Gasteiger partial charge is 0.270 e. The molecule has 1 fully saturated rings. The summed E-state index contributed by atoms with van der Waals surface area (Å²) in [6.45, 7) is 2.62. The Kier molecular flexibility index (Phi) is 6.13. The fourth-order valence-electron chi connectivity index (χ4n) is 4.22. The van der Waals surface area contributed by atoms with E-state index in [1.165, 1.54) is 11.8 Å². The minimum absolute atomic E-state index is 0.126. The molecule has 0 aliphatic carbocycles. The van der Waals surface area contributed by atoms with Gasteiger partial charge in [0.05, 0.1) is 22.2 Å². The molecule has 0 bridgehead atoms. The van der Waals surface area contributed by atoms with Crippen LogP contribution < -0.4 is 4.90 Å². The van der Waals surface area contributed by atoms with Crippen molar-refractivity contribution in [3.05, 3.63) is 105 Å². The number of thiocarbonyl (C=S) groups is 1. The monoisotopic (exact) mass is 543 g/mol. The number of thioether (sulfide) groups is 1. The molecule has 1 aliphatic heterocycles. The molecule has 5 rings (SSSR count). The zero-order valence-corrected chi connectivity index (χ0v) is 21.4. The molecule has 0 saturated carbocycles. The zero-order valence-electron chi connectivity index (χ0n) is 18.2. The molecule has 3 aromatic carbocycles. The van der Waals surface area contributed by atoms with Crippen molar-refractivity contribution in [2.75, 3.05) is 4.90 Å². The number of fused-ring (bicyclic) bond motifs is 1. The topological polar surface area (TPSA) is 49.0 Å². The number of amides is 1. The lowest BCUT2D eigenvalue weighted by Gasteiger charge is -2.14. The average Bonchev–Trinajstić information content (AvgIpc) is 3.27. The molecule has 0 atom stereocenters. The normalized spacial score (nSPS) is 14.9. The van der Waals surface area contributed by atoms with Crippen molar-refractivity contribution < 1.29 is 4.79 Å². The first-order valence-corrected chi connectivity index (χ1v) is 12.6. The van der Waals surface area contributed by atoms with Gasteiger partial charge in [0.15, 0.2) is 4.32 Å². The highest BCUT2D eigenvalue weighted by atomic mass is 79.9. The molecule has 1 aromatic heterocycles. The summed E-state index contributed by atoms with van der Waals surface area (Å²) in [5.74, 6) is -0.126. The number of benzene rings is 3. The highest BCUT2D eigenvalue weighted by Crippen LogP contribution is 2.38. The van der Waals surface area contributed by atoms with Crippen LogP contribution in [-0.4, -0.2) is 14.8 Å². The Morgan fingerprint density at radius 2 is 1.85 bits per heavy atom. The summed E-state index contributed by atoms with van der Waals surface area (Å²) in [7, 11) is 0. The van der Waals surface area contributed by atoms with E-state index in [9.17, 15) is 10.1 Å². The summed E-state index contributed by atoms with van der Waals surface area (Å²) < 4.78 is 3.60. The molecule has 34 heavy (non-hydrogen) atoms. The predicted molar refractivity (Wildman–Crippen MR) is 147 cm³/mol. The number of carbonyl (C=O) groups excluding carboxylic acids is 1. The van der Waals surface area contributed by atoms with Crippen molar-refractivity contribution >= 4 is 72.8 Å².